The summed E-state index contributed by atoms with van der Waals surface area (Å²) in [6.45, 7) is 5.59. The van der Waals surface area contributed by atoms with E-state index in [-0.39, 0.29) is 18.2 Å². The number of fused-ring (bicyclic) bond motifs is 1. The van der Waals surface area contributed by atoms with Crippen molar-refractivity contribution in [3.05, 3.63) is 28.5 Å². The summed E-state index contributed by atoms with van der Waals surface area (Å²) >= 11 is 3.39. The molecule has 7 heteroatoms. The van der Waals surface area contributed by atoms with E-state index in [0.717, 1.165) is 28.5 Å². The van der Waals surface area contributed by atoms with E-state index in [2.05, 4.69) is 31.6 Å². The van der Waals surface area contributed by atoms with E-state index < -0.39 is 5.60 Å². The minimum Gasteiger partial charge on any atom is -0.444 e. The fourth-order valence-corrected chi connectivity index (χ4v) is 3.36. The molecule has 1 aliphatic rings. The summed E-state index contributed by atoms with van der Waals surface area (Å²) in [5, 5.41) is 10.2. The van der Waals surface area contributed by atoms with Crippen LogP contribution in [0.1, 0.15) is 45.2 Å². The molecular formula is C18H21BrN4O2. The molecule has 1 amide bonds. The Kier molecular flexibility index (Phi) is 4.50. The highest BCUT2D eigenvalue weighted by molar-refractivity contribution is 9.10. The van der Waals surface area contributed by atoms with E-state index in [1.807, 2.05) is 39.1 Å². The molecule has 0 aliphatic heterocycles. The molecule has 0 N–H and O–H groups in total. The van der Waals surface area contributed by atoms with Crippen molar-refractivity contribution in [1.82, 2.24) is 14.5 Å². The van der Waals surface area contributed by atoms with Gasteiger partial charge in [0.15, 0.2) is 0 Å². The molecule has 6 nitrogen and oxygen atoms in total. The second kappa shape index (κ2) is 6.34. The Morgan fingerprint density at radius 1 is 1.44 bits per heavy atom. The maximum Gasteiger partial charge on any atom is 0.410 e. The van der Waals surface area contributed by atoms with Crippen LogP contribution in [0.2, 0.25) is 0 Å². The number of hydrogen-bond donors (Lipinski definition) is 0. The van der Waals surface area contributed by atoms with Gasteiger partial charge >= 0.3 is 6.09 Å². The molecule has 25 heavy (non-hydrogen) atoms. The van der Waals surface area contributed by atoms with Crippen molar-refractivity contribution in [3.8, 4) is 6.07 Å². The number of carbonyl (C=O) groups excluding carboxylic acids is 1. The monoisotopic (exact) mass is 404 g/mol. The number of hydrogen-bond acceptors (Lipinski definition) is 4. The second-order valence-electron chi connectivity index (χ2n) is 7.44. The van der Waals surface area contributed by atoms with E-state index in [9.17, 15) is 10.1 Å². The zero-order chi connectivity index (χ0) is 18.4. The Morgan fingerprint density at radius 3 is 2.72 bits per heavy atom. The van der Waals surface area contributed by atoms with Crippen molar-refractivity contribution in [2.24, 2.45) is 0 Å². The van der Waals surface area contributed by atoms with Gasteiger partial charge in [-0.05, 0) is 61.7 Å². The molecule has 3 rings (SSSR count). The van der Waals surface area contributed by atoms with Gasteiger partial charge in [-0.15, -0.1) is 0 Å². The number of amides is 1. The first-order chi connectivity index (χ1) is 11.7. The summed E-state index contributed by atoms with van der Waals surface area (Å²) in [6.07, 6.45) is 3.20. The first-order valence-electron chi connectivity index (χ1n) is 8.22. The van der Waals surface area contributed by atoms with Crippen LogP contribution in [0.5, 0.6) is 0 Å². The minimum absolute atomic E-state index is 0.134. The van der Waals surface area contributed by atoms with Crippen LogP contribution in [0.25, 0.3) is 11.0 Å². The Morgan fingerprint density at radius 2 is 2.12 bits per heavy atom. The molecule has 0 bridgehead atoms. The number of ether oxygens (including phenoxy) is 1. The third-order valence-electron chi connectivity index (χ3n) is 4.48. The van der Waals surface area contributed by atoms with E-state index in [1.165, 1.54) is 0 Å². The van der Waals surface area contributed by atoms with Crippen molar-refractivity contribution in [2.45, 2.75) is 51.3 Å². The van der Waals surface area contributed by atoms with Gasteiger partial charge in [0.05, 0.1) is 5.56 Å². The standard InChI is InChI=1S/C18H21BrN4O2/c1-18(2,3)25-17(24)22(4)12-7-13(8-12)23-10-11(9-20)14-5-6-15(19)21-16(14)23/h5-6,10,12-13H,7-8H2,1-4H3/t12-,13+. The van der Waals surface area contributed by atoms with Gasteiger partial charge in [-0.1, -0.05) is 0 Å². The third-order valence-corrected chi connectivity index (χ3v) is 4.92. The van der Waals surface area contributed by atoms with Gasteiger partial charge in [-0.25, -0.2) is 9.78 Å². The van der Waals surface area contributed by atoms with Crippen molar-refractivity contribution in [2.75, 3.05) is 7.05 Å². The Labute approximate surface area is 155 Å². The lowest BCUT2D eigenvalue weighted by Gasteiger charge is -2.42. The molecule has 0 aromatic carbocycles. The number of halogens is 1. The second-order valence-corrected chi connectivity index (χ2v) is 8.25. The lowest BCUT2D eigenvalue weighted by molar-refractivity contribution is 0.00809. The van der Waals surface area contributed by atoms with Gasteiger partial charge in [0.2, 0.25) is 0 Å². The lowest BCUT2D eigenvalue weighted by atomic mass is 9.85. The number of rotatable bonds is 2. The maximum absolute atomic E-state index is 12.2. The van der Waals surface area contributed by atoms with Gasteiger partial charge in [0, 0.05) is 30.7 Å². The van der Waals surface area contributed by atoms with Gasteiger partial charge in [-0.3, -0.25) is 0 Å². The zero-order valence-corrected chi connectivity index (χ0v) is 16.4. The normalized spacial score (nSPS) is 20.0. The van der Waals surface area contributed by atoms with Gasteiger partial charge in [-0.2, -0.15) is 5.26 Å². The first kappa shape index (κ1) is 17.7. The maximum atomic E-state index is 12.2. The topological polar surface area (TPSA) is 71.2 Å². The summed E-state index contributed by atoms with van der Waals surface area (Å²) in [4.78, 5) is 18.4. The fraction of sp³-hybridized carbons (Fsp3) is 0.500. The van der Waals surface area contributed by atoms with E-state index in [4.69, 9.17) is 4.74 Å². The minimum atomic E-state index is -0.497. The number of aromatic nitrogens is 2. The predicted octanol–water partition coefficient (Wildman–Crippen LogP) is 4.24. The molecule has 1 fully saturated rings. The molecule has 0 radical (unpaired) electrons. The largest absolute Gasteiger partial charge is 0.444 e. The van der Waals surface area contributed by atoms with Crippen LogP contribution >= 0.6 is 15.9 Å². The predicted molar refractivity (Wildman–Crippen MR) is 98.2 cm³/mol. The third kappa shape index (κ3) is 3.49. The highest BCUT2D eigenvalue weighted by Crippen LogP contribution is 2.38. The summed E-state index contributed by atoms with van der Waals surface area (Å²) in [7, 11) is 1.78. The van der Waals surface area contributed by atoms with Crippen LogP contribution in [0.15, 0.2) is 22.9 Å². The molecule has 0 spiro atoms. The van der Waals surface area contributed by atoms with Crippen LogP contribution in [0.4, 0.5) is 4.79 Å². The zero-order valence-electron chi connectivity index (χ0n) is 14.8. The molecular weight excluding hydrogens is 384 g/mol. The van der Waals surface area contributed by atoms with Gasteiger partial charge in [0.25, 0.3) is 0 Å². The Hall–Kier alpha value is -2.07. The smallest absolute Gasteiger partial charge is 0.410 e. The van der Waals surface area contributed by atoms with Crippen LogP contribution in [-0.4, -0.2) is 39.2 Å². The van der Waals surface area contributed by atoms with Crippen LogP contribution in [0.3, 0.4) is 0 Å². The van der Waals surface area contributed by atoms with Gasteiger partial charge < -0.3 is 14.2 Å². The summed E-state index contributed by atoms with van der Waals surface area (Å²) in [6, 6.07) is 6.34. The van der Waals surface area contributed by atoms with Gasteiger partial charge in [0.1, 0.15) is 21.9 Å². The number of pyridine rings is 1. The van der Waals surface area contributed by atoms with Crippen molar-refractivity contribution < 1.29 is 9.53 Å². The van der Waals surface area contributed by atoms with Crippen molar-refractivity contribution in [1.29, 1.82) is 5.26 Å². The number of nitriles is 1. The quantitative estimate of drug-likeness (QED) is 0.701. The summed E-state index contributed by atoms with van der Waals surface area (Å²) < 4.78 is 8.22. The molecule has 1 aliphatic carbocycles. The molecule has 132 valence electrons. The molecule has 0 atom stereocenters. The number of carbonyl (C=O) groups is 1. The number of nitrogens with zero attached hydrogens (tertiary/aromatic N) is 4. The highest BCUT2D eigenvalue weighted by Gasteiger charge is 2.37. The molecule has 2 aromatic heterocycles. The molecule has 2 aromatic rings. The fourth-order valence-electron chi connectivity index (χ4n) is 3.05. The van der Waals surface area contributed by atoms with Crippen molar-refractivity contribution in [3.63, 3.8) is 0 Å². The summed E-state index contributed by atoms with van der Waals surface area (Å²) in [5.41, 5.74) is 0.927. The Balaban J connectivity index is 1.75. The highest BCUT2D eigenvalue weighted by atomic mass is 79.9. The van der Waals surface area contributed by atoms with E-state index in [1.54, 1.807) is 11.9 Å². The first-order valence-corrected chi connectivity index (χ1v) is 9.02. The molecule has 0 saturated heterocycles. The molecule has 1 saturated carbocycles. The van der Waals surface area contributed by atoms with E-state index >= 15 is 0 Å². The lowest BCUT2D eigenvalue weighted by Crippen LogP contribution is -2.47. The SMILES string of the molecule is CN(C(=O)OC(C)(C)C)[C@H]1C[C@@H](n2cc(C#N)c3ccc(Br)nc32)C1. The van der Waals surface area contributed by atoms with Crippen molar-refractivity contribution >= 4 is 33.1 Å². The van der Waals surface area contributed by atoms with Crippen LogP contribution in [-0.2, 0) is 4.74 Å². The van der Waals surface area contributed by atoms with Crippen LogP contribution in [0, 0.1) is 11.3 Å². The van der Waals surface area contributed by atoms with E-state index in [0.29, 0.717) is 5.56 Å². The molecule has 0 unspecified atom stereocenters. The average molecular weight is 405 g/mol. The Bertz CT molecular complexity index is 856. The summed E-state index contributed by atoms with van der Waals surface area (Å²) in [5.74, 6) is 0. The average Bonchev–Trinajstić information content (AvgIpc) is 2.81. The molecule has 2 heterocycles. The van der Waals surface area contributed by atoms with Crippen LogP contribution < -0.4 is 0 Å².